The molecule has 0 saturated heterocycles. The van der Waals surface area contributed by atoms with Crippen LogP contribution in [0.2, 0.25) is 0 Å². The van der Waals surface area contributed by atoms with E-state index < -0.39 is 0 Å². The van der Waals surface area contributed by atoms with Gasteiger partial charge < -0.3 is 14.2 Å². The van der Waals surface area contributed by atoms with Crippen LogP contribution in [0.1, 0.15) is 39.9 Å². The molecule has 8 heteroatoms. The average Bonchev–Trinajstić information content (AvgIpc) is 3.35. The molecule has 3 heterocycles. The first-order valence-electron chi connectivity index (χ1n) is 9.88. The summed E-state index contributed by atoms with van der Waals surface area (Å²) >= 11 is 0. The van der Waals surface area contributed by atoms with Gasteiger partial charge in [-0.3, -0.25) is 9.48 Å². The van der Waals surface area contributed by atoms with Gasteiger partial charge in [0.25, 0.3) is 11.8 Å². The summed E-state index contributed by atoms with van der Waals surface area (Å²) in [6.45, 7) is 6.53. The number of rotatable bonds is 6. The largest absolute Gasteiger partial charge is 0.376 e. The molecule has 1 aromatic carbocycles. The number of aryl methyl sites for hydroxylation is 2. The highest BCUT2D eigenvalue weighted by Gasteiger charge is 2.25. The van der Waals surface area contributed by atoms with Crippen molar-refractivity contribution in [3.05, 3.63) is 52.5 Å². The normalized spacial score (nSPS) is 13.3. The van der Waals surface area contributed by atoms with Crippen LogP contribution < -0.4 is 0 Å². The quantitative estimate of drug-likeness (QED) is 0.638. The Hall–Kier alpha value is -3.00. The average molecular weight is 395 g/mol. The maximum absolute atomic E-state index is 12.6. The zero-order valence-corrected chi connectivity index (χ0v) is 17.0. The number of fused-ring (bicyclic) bond motifs is 1. The van der Waals surface area contributed by atoms with Gasteiger partial charge >= 0.3 is 0 Å². The summed E-state index contributed by atoms with van der Waals surface area (Å²) in [5.74, 6) is 0.937. The highest BCUT2D eigenvalue weighted by Crippen LogP contribution is 2.28. The number of amides is 1. The maximum atomic E-state index is 12.6. The van der Waals surface area contributed by atoms with Crippen molar-refractivity contribution in [2.24, 2.45) is 0 Å². The second kappa shape index (κ2) is 8.16. The second-order valence-corrected chi connectivity index (χ2v) is 7.25. The molecule has 0 radical (unpaired) electrons. The lowest BCUT2D eigenvalue weighted by atomic mass is 10.1. The number of benzene rings is 1. The fourth-order valence-corrected chi connectivity index (χ4v) is 3.56. The number of carbonyl (C=O) groups excluding carboxylic acids is 1. The van der Waals surface area contributed by atoms with Crippen LogP contribution in [0, 0.1) is 6.92 Å². The van der Waals surface area contributed by atoms with E-state index >= 15 is 0 Å². The molecule has 0 spiro atoms. The minimum absolute atomic E-state index is 0.0228. The van der Waals surface area contributed by atoms with Crippen LogP contribution in [0.3, 0.4) is 0 Å². The van der Waals surface area contributed by atoms with E-state index in [2.05, 4.69) is 22.2 Å². The van der Waals surface area contributed by atoms with Crippen molar-refractivity contribution >= 4 is 5.91 Å². The van der Waals surface area contributed by atoms with Crippen molar-refractivity contribution in [3.63, 3.8) is 0 Å². The zero-order chi connectivity index (χ0) is 20.4. The highest BCUT2D eigenvalue weighted by molar-refractivity contribution is 5.94. The number of hydrogen-bond donors (Lipinski definition) is 0. The molecule has 152 valence electrons. The van der Waals surface area contributed by atoms with Crippen molar-refractivity contribution in [2.45, 2.75) is 39.8 Å². The van der Waals surface area contributed by atoms with Gasteiger partial charge in [-0.05, 0) is 26.0 Å². The third kappa shape index (κ3) is 3.93. The molecule has 0 aliphatic carbocycles. The van der Waals surface area contributed by atoms with Crippen LogP contribution in [0.15, 0.2) is 28.8 Å². The third-order valence-corrected chi connectivity index (χ3v) is 5.15. The number of ether oxygens (including phenoxy) is 1. The predicted molar refractivity (Wildman–Crippen MR) is 106 cm³/mol. The van der Waals surface area contributed by atoms with E-state index in [1.165, 1.54) is 5.69 Å². The number of aromatic nitrogens is 4. The van der Waals surface area contributed by atoms with Crippen LogP contribution in [-0.4, -0.2) is 50.9 Å². The van der Waals surface area contributed by atoms with E-state index in [0.29, 0.717) is 49.2 Å². The lowest BCUT2D eigenvalue weighted by Crippen LogP contribution is -2.29. The fourth-order valence-electron chi connectivity index (χ4n) is 3.56. The predicted octanol–water partition coefficient (Wildman–Crippen LogP) is 2.65. The third-order valence-electron chi connectivity index (χ3n) is 5.15. The maximum Gasteiger partial charge on any atom is 0.278 e. The molecule has 29 heavy (non-hydrogen) atoms. The number of nitrogens with zero attached hydrogens (tertiary/aromatic N) is 5. The molecule has 8 nitrogen and oxygen atoms in total. The molecule has 1 amide bonds. The molecule has 1 aliphatic heterocycles. The lowest BCUT2D eigenvalue weighted by molar-refractivity contribution is 0.0795. The molecular weight excluding hydrogens is 370 g/mol. The van der Waals surface area contributed by atoms with Gasteiger partial charge in [-0.15, -0.1) is 0 Å². The number of hydrogen-bond acceptors (Lipinski definition) is 6. The van der Waals surface area contributed by atoms with Gasteiger partial charge in [0, 0.05) is 49.8 Å². The van der Waals surface area contributed by atoms with Crippen molar-refractivity contribution in [1.82, 2.24) is 24.8 Å². The highest BCUT2D eigenvalue weighted by atomic mass is 16.5. The smallest absolute Gasteiger partial charge is 0.278 e. The van der Waals surface area contributed by atoms with Crippen LogP contribution in [0.25, 0.3) is 11.6 Å². The van der Waals surface area contributed by atoms with Crippen LogP contribution in [0.4, 0.5) is 0 Å². The van der Waals surface area contributed by atoms with Crippen molar-refractivity contribution in [3.8, 4) is 11.6 Å². The van der Waals surface area contributed by atoms with Gasteiger partial charge in [0.1, 0.15) is 0 Å². The molecule has 0 unspecified atom stereocenters. The second-order valence-electron chi connectivity index (χ2n) is 7.25. The first-order chi connectivity index (χ1) is 14.1. The summed E-state index contributed by atoms with van der Waals surface area (Å²) in [6.07, 6.45) is 1.34. The minimum Gasteiger partial charge on any atom is -0.376 e. The fraction of sp³-hybridized carbons (Fsp3) is 0.429. The number of likely N-dealkylation sites (N-methyl/N-ethyl adjacent to an activating group) is 1. The van der Waals surface area contributed by atoms with E-state index in [1.807, 2.05) is 35.9 Å². The summed E-state index contributed by atoms with van der Waals surface area (Å²) in [4.78, 5) is 18.8. The van der Waals surface area contributed by atoms with Gasteiger partial charge in [0.2, 0.25) is 0 Å². The van der Waals surface area contributed by atoms with Crippen molar-refractivity contribution in [2.75, 3.05) is 20.2 Å². The number of carbonyl (C=O) groups is 1. The Bertz CT molecular complexity index is 1020. The van der Waals surface area contributed by atoms with Crippen molar-refractivity contribution in [1.29, 1.82) is 0 Å². The van der Waals surface area contributed by atoms with Gasteiger partial charge in [-0.25, -0.2) is 0 Å². The van der Waals surface area contributed by atoms with Gasteiger partial charge in [0.05, 0.1) is 13.2 Å². The van der Waals surface area contributed by atoms with Gasteiger partial charge in [-0.2, -0.15) is 10.1 Å². The molecule has 0 bridgehead atoms. The molecule has 0 N–H and O–H groups in total. The summed E-state index contributed by atoms with van der Waals surface area (Å²) < 4.78 is 13.0. The molecule has 0 fully saturated rings. The van der Waals surface area contributed by atoms with Gasteiger partial charge in [-0.1, -0.05) is 22.9 Å². The van der Waals surface area contributed by atoms with E-state index in [-0.39, 0.29) is 5.91 Å². The Morgan fingerprint density at radius 3 is 3.00 bits per heavy atom. The SMILES string of the molecule is CCn1nc(-c2nc(CCN(C)C(=O)c3cccc(C)c3)no2)c2c1CCOC2. The van der Waals surface area contributed by atoms with E-state index in [9.17, 15) is 4.79 Å². The molecule has 4 rings (SSSR count). The van der Waals surface area contributed by atoms with E-state index in [0.717, 1.165) is 24.1 Å². The Balaban J connectivity index is 1.45. The molecule has 1 aliphatic rings. The Kier molecular flexibility index (Phi) is 5.44. The molecule has 0 atom stereocenters. The van der Waals surface area contributed by atoms with Crippen molar-refractivity contribution < 1.29 is 14.1 Å². The standard InChI is InChI=1S/C21H25N5O3/c1-4-26-17-9-11-28-13-16(17)19(23-26)20-22-18(24-29-20)8-10-25(3)21(27)15-7-5-6-14(2)12-15/h5-7,12H,4,8-11,13H2,1-3H3. The minimum atomic E-state index is -0.0228. The van der Waals surface area contributed by atoms with Crippen LogP contribution in [-0.2, 0) is 30.7 Å². The topological polar surface area (TPSA) is 86.3 Å². The van der Waals surface area contributed by atoms with E-state index in [1.54, 1.807) is 11.9 Å². The monoisotopic (exact) mass is 395 g/mol. The molecule has 2 aromatic heterocycles. The Morgan fingerprint density at radius 1 is 1.34 bits per heavy atom. The first kappa shape index (κ1) is 19.3. The summed E-state index contributed by atoms with van der Waals surface area (Å²) in [6, 6.07) is 7.58. The van der Waals surface area contributed by atoms with Crippen LogP contribution >= 0.6 is 0 Å². The summed E-state index contributed by atoms with van der Waals surface area (Å²) in [5.41, 5.74) is 4.64. The lowest BCUT2D eigenvalue weighted by Gasteiger charge is -2.16. The first-order valence-corrected chi connectivity index (χ1v) is 9.88. The van der Waals surface area contributed by atoms with E-state index in [4.69, 9.17) is 9.26 Å². The Morgan fingerprint density at radius 2 is 2.21 bits per heavy atom. The molecular formula is C21H25N5O3. The zero-order valence-electron chi connectivity index (χ0n) is 17.0. The van der Waals surface area contributed by atoms with Gasteiger partial charge in [0.15, 0.2) is 11.5 Å². The molecule has 0 saturated carbocycles. The Labute approximate surface area is 169 Å². The summed E-state index contributed by atoms with van der Waals surface area (Å²) in [7, 11) is 1.78. The molecule has 3 aromatic rings. The summed E-state index contributed by atoms with van der Waals surface area (Å²) in [5, 5.41) is 8.72. The van der Waals surface area contributed by atoms with Crippen LogP contribution in [0.5, 0.6) is 0 Å².